The molecule has 1 amide bonds. The summed E-state index contributed by atoms with van der Waals surface area (Å²) in [7, 11) is 0. The molecule has 1 aliphatic rings. The monoisotopic (exact) mass is 341 g/mol. The highest BCUT2D eigenvalue weighted by molar-refractivity contribution is 5.94. The normalized spacial score (nSPS) is 15.1. The maximum Gasteiger partial charge on any atom is 0.251 e. The summed E-state index contributed by atoms with van der Waals surface area (Å²) in [6, 6.07) is 9.21. The zero-order valence-electron chi connectivity index (χ0n) is 14.4. The standard InChI is InChI=1S/C18H23N5O2/c1-13-12-16(22-18(19)21-13)14-2-4-15(5-3-14)17(24)20-6-7-23-8-10-25-11-9-23/h2-5,12H,6-11H2,1H3,(H,20,24)(H2,19,21,22). The van der Waals surface area contributed by atoms with E-state index in [-0.39, 0.29) is 11.9 Å². The van der Waals surface area contributed by atoms with Crippen LogP contribution in [0.2, 0.25) is 0 Å². The number of carbonyl (C=O) groups excluding carboxylic acids is 1. The molecule has 132 valence electrons. The van der Waals surface area contributed by atoms with Gasteiger partial charge in [0.25, 0.3) is 5.91 Å². The molecule has 25 heavy (non-hydrogen) atoms. The van der Waals surface area contributed by atoms with Crippen LogP contribution < -0.4 is 11.1 Å². The Bertz CT molecular complexity index is 706. The summed E-state index contributed by atoms with van der Waals surface area (Å²) < 4.78 is 5.31. The van der Waals surface area contributed by atoms with E-state index < -0.39 is 0 Å². The molecule has 0 saturated carbocycles. The quantitative estimate of drug-likeness (QED) is 0.846. The lowest BCUT2D eigenvalue weighted by molar-refractivity contribution is 0.0383. The zero-order chi connectivity index (χ0) is 17.6. The lowest BCUT2D eigenvalue weighted by atomic mass is 10.1. The number of nitrogens with two attached hydrogens (primary N) is 1. The Hall–Kier alpha value is -2.51. The smallest absolute Gasteiger partial charge is 0.251 e. The van der Waals surface area contributed by atoms with E-state index in [1.807, 2.05) is 25.1 Å². The molecule has 0 radical (unpaired) electrons. The fourth-order valence-corrected chi connectivity index (χ4v) is 2.79. The number of benzene rings is 1. The van der Waals surface area contributed by atoms with E-state index in [0.29, 0.717) is 12.1 Å². The van der Waals surface area contributed by atoms with Gasteiger partial charge in [0, 0.05) is 43.0 Å². The largest absolute Gasteiger partial charge is 0.379 e. The summed E-state index contributed by atoms with van der Waals surface area (Å²) in [5.41, 5.74) is 8.79. The van der Waals surface area contributed by atoms with Crippen LogP contribution in [0.5, 0.6) is 0 Å². The van der Waals surface area contributed by atoms with Gasteiger partial charge in [0.2, 0.25) is 5.95 Å². The zero-order valence-corrected chi connectivity index (χ0v) is 14.4. The SMILES string of the molecule is Cc1cc(-c2ccc(C(=O)NCCN3CCOCC3)cc2)nc(N)n1. The number of ether oxygens (including phenoxy) is 1. The van der Waals surface area contributed by atoms with E-state index in [2.05, 4.69) is 20.2 Å². The number of amides is 1. The molecule has 1 aromatic carbocycles. The van der Waals surface area contributed by atoms with Crippen LogP contribution in [0.1, 0.15) is 16.1 Å². The molecule has 2 aromatic rings. The van der Waals surface area contributed by atoms with Gasteiger partial charge in [0.05, 0.1) is 18.9 Å². The predicted molar refractivity (Wildman–Crippen MR) is 96.2 cm³/mol. The number of nitrogen functional groups attached to an aromatic ring is 1. The van der Waals surface area contributed by atoms with Crippen LogP contribution in [-0.4, -0.2) is 60.2 Å². The lowest BCUT2D eigenvalue weighted by Crippen LogP contribution is -2.41. The maximum atomic E-state index is 12.2. The molecule has 0 aliphatic carbocycles. The van der Waals surface area contributed by atoms with E-state index in [9.17, 15) is 4.79 Å². The Labute approximate surface area is 147 Å². The summed E-state index contributed by atoms with van der Waals surface area (Å²) >= 11 is 0. The van der Waals surface area contributed by atoms with Crippen molar-refractivity contribution in [1.82, 2.24) is 20.2 Å². The number of hydrogen-bond donors (Lipinski definition) is 2. The predicted octanol–water partition coefficient (Wildman–Crippen LogP) is 1.10. The first-order valence-electron chi connectivity index (χ1n) is 8.42. The van der Waals surface area contributed by atoms with E-state index in [1.54, 1.807) is 12.1 Å². The van der Waals surface area contributed by atoms with Gasteiger partial charge >= 0.3 is 0 Å². The van der Waals surface area contributed by atoms with Gasteiger partial charge in [-0.25, -0.2) is 9.97 Å². The third-order valence-electron chi connectivity index (χ3n) is 4.13. The lowest BCUT2D eigenvalue weighted by Gasteiger charge is -2.26. The van der Waals surface area contributed by atoms with Gasteiger partial charge < -0.3 is 15.8 Å². The van der Waals surface area contributed by atoms with Gasteiger partial charge in [-0.2, -0.15) is 0 Å². The Morgan fingerprint density at radius 3 is 2.64 bits per heavy atom. The van der Waals surface area contributed by atoms with Crippen molar-refractivity contribution in [2.75, 3.05) is 45.1 Å². The topological polar surface area (TPSA) is 93.4 Å². The molecule has 0 bridgehead atoms. The van der Waals surface area contributed by atoms with Crippen LogP contribution in [0.15, 0.2) is 30.3 Å². The van der Waals surface area contributed by atoms with Crippen molar-refractivity contribution in [3.8, 4) is 11.3 Å². The first-order chi connectivity index (χ1) is 12.1. The summed E-state index contributed by atoms with van der Waals surface area (Å²) in [5, 5.41) is 2.96. The molecule has 1 aromatic heterocycles. The number of anilines is 1. The summed E-state index contributed by atoms with van der Waals surface area (Å²) in [4.78, 5) is 22.8. The summed E-state index contributed by atoms with van der Waals surface area (Å²) in [6.07, 6.45) is 0. The van der Waals surface area contributed by atoms with Crippen LogP contribution in [0, 0.1) is 6.92 Å². The number of aryl methyl sites for hydroxylation is 1. The molecule has 7 nitrogen and oxygen atoms in total. The van der Waals surface area contributed by atoms with Crippen molar-refractivity contribution < 1.29 is 9.53 Å². The second-order valence-electron chi connectivity index (χ2n) is 6.04. The van der Waals surface area contributed by atoms with Crippen molar-refractivity contribution in [2.45, 2.75) is 6.92 Å². The van der Waals surface area contributed by atoms with Crippen molar-refractivity contribution >= 4 is 11.9 Å². The minimum Gasteiger partial charge on any atom is -0.379 e. The van der Waals surface area contributed by atoms with Gasteiger partial charge in [-0.1, -0.05) is 12.1 Å². The Balaban J connectivity index is 1.56. The van der Waals surface area contributed by atoms with Crippen molar-refractivity contribution in [1.29, 1.82) is 0 Å². The highest BCUT2D eigenvalue weighted by Crippen LogP contribution is 2.19. The number of aromatic nitrogens is 2. The second-order valence-corrected chi connectivity index (χ2v) is 6.04. The molecule has 1 aliphatic heterocycles. The Morgan fingerprint density at radius 2 is 1.96 bits per heavy atom. The number of hydrogen-bond acceptors (Lipinski definition) is 6. The highest BCUT2D eigenvalue weighted by atomic mass is 16.5. The number of nitrogens with zero attached hydrogens (tertiary/aromatic N) is 3. The molecule has 0 atom stereocenters. The Morgan fingerprint density at radius 1 is 1.24 bits per heavy atom. The molecule has 0 unspecified atom stereocenters. The molecule has 1 saturated heterocycles. The maximum absolute atomic E-state index is 12.2. The van der Waals surface area contributed by atoms with Gasteiger partial charge in [-0.3, -0.25) is 9.69 Å². The van der Waals surface area contributed by atoms with E-state index >= 15 is 0 Å². The van der Waals surface area contributed by atoms with Crippen LogP contribution in [-0.2, 0) is 4.74 Å². The number of carbonyl (C=O) groups is 1. The molecular formula is C18H23N5O2. The number of morpholine rings is 1. The average molecular weight is 341 g/mol. The summed E-state index contributed by atoms with van der Waals surface area (Å²) in [6.45, 7) is 6.72. The second kappa shape index (κ2) is 8.04. The fourth-order valence-electron chi connectivity index (χ4n) is 2.79. The van der Waals surface area contributed by atoms with E-state index in [0.717, 1.165) is 49.8 Å². The van der Waals surface area contributed by atoms with Crippen LogP contribution in [0.3, 0.4) is 0 Å². The van der Waals surface area contributed by atoms with E-state index in [1.165, 1.54) is 0 Å². The molecule has 0 spiro atoms. The first kappa shape index (κ1) is 17.3. The highest BCUT2D eigenvalue weighted by Gasteiger charge is 2.11. The van der Waals surface area contributed by atoms with Gasteiger partial charge in [0.15, 0.2) is 0 Å². The molecule has 1 fully saturated rings. The molecule has 7 heteroatoms. The first-order valence-corrected chi connectivity index (χ1v) is 8.42. The third kappa shape index (κ3) is 4.74. The molecule has 3 rings (SSSR count). The average Bonchev–Trinajstić information content (AvgIpc) is 2.62. The van der Waals surface area contributed by atoms with Crippen LogP contribution in [0.25, 0.3) is 11.3 Å². The van der Waals surface area contributed by atoms with E-state index in [4.69, 9.17) is 10.5 Å². The molecule has 3 N–H and O–H groups in total. The minimum atomic E-state index is -0.0711. The van der Waals surface area contributed by atoms with Gasteiger partial charge in [-0.15, -0.1) is 0 Å². The van der Waals surface area contributed by atoms with Crippen molar-refractivity contribution in [2.24, 2.45) is 0 Å². The van der Waals surface area contributed by atoms with Crippen LogP contribution in [0.4, 0.5) is 5.95 Å². The van der Waals surface area contributed by atoms with Crippen molar-refractivity contribution in [3.05, 3.63) is 41.6 Å². The number of rotatable bonds is 5. The van der Waals surface area contributed by atoms with Crippen LogP contribution >= 0.6 is 0 Å². The number of nitrogens with one attached hydrogen (secondary N) is 1. The fraction of sp³-hybridized carbons (Fsp3) is 0.389. The van der Waals surface area contributed by atoms with Gasteiger partial charge in [0.1, 0.15) is 0 Å². The summed E-state index contributed by atoms with van der Waals surface area (Å²) in [5.74, 6) is 0.179. The Kier molecular flexibility index (Phi) is 5.57. The molecule has 2 heterocycles. The van der Waals surface area contributed by atoms with Crippen molar-refractivity contribution in [3.63, 3.8) is 0 Å². The third-order valence-corrected chi connectivity index (χ3v) is 4.13. The van der Waals surface area contributed by atoms with Gasteiger partial charge in [-0.05, 0) is 25.1 Å². The minimum absolute atomic E-state index is 0.0711. The molecular weight excluding hydrogens is 318 g/mol.